The zero-order chi connectivity index (χ0) is 62.1. The number of benzene rings is 2. The Labute approximate surface area is 495 Å². The van der Waals surface area contributed by atoms with Crippen LogP contribution >= 0.6 is 0 Å². The Hall–Kier alpha value is -1.35. The molecule has 450 valence electrons. The normalized spacial score (nSPS) is 11.9. The van der Waals surface area contributed by atoms with Crippen LogP contribution in [0.5, 0.6) is 0 Å². The third-order valence-corrected chi connectivity index (χ3v) is 41.3. The Morgan fingerprint density at radius 3 is 0.883 bits per heavy atom. The first-order chi connectivity index (χ1) is 34.7. The molecule has 2 aromatic carbocycles. The van der Waals surface area contributed by atoms with Gasteiger partial charge in [-0.1, -0.05) is 353 Å². The molecule has 0 bridgehead atoms. The lowest BCUT2D eigenvalue weighted by atomic mass is 10.2. The van der Waals surface area contributed by atoms with E-state index >= 15 is 0 Å². The van der Waals surface area contributed by atoms with Crippen molar-refractivity contribution in [1.29, 1.82) is 15.8 Å². The molecule has 0 heterocycles. The highest BCUT2D eigenvalue weighted by Crippen LogP contribution is 2.50. The maximum Gasteiger partial charge on any atom is 0.0831 e. The average Bonchev–Trinajstić information content (AvgIpc) is 3.31. The van der Waals surface area contributed by atoms with E-state index < -0.39 is 64.6 Å². The Morgan fingerprint density at radius 1 is 0.351 bits per heavy atom. The molecule has 0 N–H and O–H groups in total. The van der Waals surface area contributed by atoms with Crippen LogP contribution in [0.3, 0.4) is 0 Å². The van der Waals surface area contributed by atoms with E-state index in [1.54, 1.807) is 5.19 Å². The fraction of sp³-hybridized carbons (Fsp3) is 0.773. The van der Waals surface area contributed by atoms with Crippen LogP contribution in [0.15, 0.2) is 60.7 Å². The smallest absolute Gasteiger partial charge is 0.0831 e. The standard InChI is InChI=1S/C11H18Si.C10H24Si.C9H14Si.C9H22Si.C8H17NSi.C7H15NSi.C6H13NSi.C6H16Si/c1-4-12(3,5-2)11-9-7-6-8-10-11;1-9(2,3)11(7,8)10(4,5)6;1-10(2,3)9-7-5-4-6-8-9;1-5-6-7-8-9-10(2,3)4;1-10(2,3)8-6-4-5-7-9;1-9(2,3)7-5-4-6-8;1-8(2,3)6-4-5-7;1-5-7(3,4)6-2/h6-10H,4-5H2,1-3H3;1-8H3;4-8H,1-3H3;5-9H2,1-4H3;4-6,8H2,1-3H3;4-5,7H2,1-3H3;4,6H2,1-3H3;5-6H2,1-4H3. The van der Waals surface area contributed by atoms with Crippen LogP contribution in [-0.4, -0.2) is 64.6 Å². The maximum absolute atomic E-state index is 8.26. The van der Waals surface area contributed by atoms with Crippen LogP contribution in [0.2, 0.25) is 189 Å². The summed E-state index contributed by atoms with van der Waals surface area (Å²) in [5.74, 6) is 0. The molecular formula is C66H139N3Si8. The highest BCUT2D eigenvalue weighted by atomic mass is 28.3. The monoisotopic (exact) mass is 1200 g/mol. The average molecular weight is 1200 g/mol. The molecular weight excluding hydrogens is 1060 g/mol. The minimum absolute atomic E-state index is 0.519. The van der Waals surface area contributed by atoms with Gasteiger partial charge < -0.3 is 0 Å². The largest absolute Gasteiger partial charge is 0.198 e. The molecule has 0 fully saturated rings. The molecule has 77 heavy (non-hydrogen) atoms. The number of hydrogen-bond acceptors (Lipinski definition) is 3. The molecule has 0 spiro atoms. The molecule has 2 aromatic rings. The van der Waals surface area contributed by atoms with E-state index in [9.17, 15) is 0 Å². The second kappa shape index (κ2) is 44.3. The van der Waals surface area contributed by atoms with Crippen molar-refractivity contribution in [3.05, 3.63) is 60.7 Å². The van der Waals surface area contributed by atoms with Gasteiger partial charge in [-0.05, 0) is 29.0 Å². The van der Waals surface area contributed by atoms with Gasteiger partial charge in [0.15, 0.2) is 0 Å². The summed E-state index contributed by atoms with van der Waals surface area (Å²) in [5.41, 5.74) is 0. The number of unbranched alkanes of at least 4 members (excludes halogenated alkanes) is 6. The number of nitrogens with zero attached hydrogens (tertiary/aromatic N) is 3. The van der Waals surface area contributed by atoms with Gasteiger partial charge in [0.05, 0.1) is 42.4 Å². The fourth-order valence-corrected chi connectivity index (χ4v) is 17.9. The Morgan fingerprint density at radius 2 is 0.662 bits per heavy atom. The van der Waals surface area contributed by atoms with Crippen molar-refractivity contribution in [2.45, 2.75) is 330 Å². The van der Waals surface area contributed by atoms with Gasteiger partial charge in [-0.3, -0.25) is 0 Å². The minimum atomic E-state index is -1.11. The molecule has 0 aliphatic rings. The minimum Gasteiger partial charge on any atom is -0.198 e. The summed E-state index contributed by atoms with van der Waals surface area (Å²) in [4.78, 5) is 0. The van der Waals surface area contributed by atoms with E-state index in [2.05, 4.69) is 286 Å². The molecule has 0 amide bonds. The molecule has 0 unspecified atom stereocenters. The highest BCUT2D eigenvalue weighted by molar-refractivity contribution is 6.90. The zero-order valence-electron chi connectivity index (χ0n) is 58.3. The SMILES string of the molecule is CC(C)(C)[Si](C)(C)C(C)(C)C.CCCCCC[Si](C)(C)C.CC[Si](C)(C)CC.CC[Si](C)(CC)c1ccccc1.C[Si](C)(C)CCC#N.C[Si](C)(C)CCCC#N.C[Si](C)(C)CCCCC#N.C[Si](C)(C)c1ccccc1. The summed E-state index contributed by atoms with van der Waals surface area (Å²) < 4.78 is 0. The molecule has 0 saturated heterocycles. The van der Waals surface area contributed by atoms with Gasteiger partial charge in [0.1, 0.15) is 0 Å². The summed E-state index contributed by atoms with van der Waals surface area (Å²) >= 11 is 0. The van der Waals surface area contributed by atoms with Crippen molar-refractivity contribution in [2.24, 2.45) is 0 Å². The lowest BCUT2D eigenvalue weighted by Gasteiger charge is -2.47. The van der Waals surface area contributed by atoms with Crippen LogP contribution in [0.25, 0.3) is 0 Å². The van der Waals surface area contributed by atoms with Crippen molar-refractivity contribution < 1.29 is 0 Å². The van der Waals surface area contributed by atoms with E-state index in [0.717, 1.165) is 38.1 Å². The molecule has 0 aliphatic heterocycles. The van der Waals surface area contributed by atoms with Crippen molar-refractivity contribution in [3.63, 3.8) is 0 Å². The number of rotatable bonds is 20. The molecule has 2 rings (SSSR count). The Balaban J connectivity index is -0.000000188. The van der Waals surface area contributed by atoms with E-state index in [1.807, 2.05) is 0 Å². The van der Waals surface area contributed by atoms with E-state index in [0.29, 0.717) is 10.1 Å². The summed E-state index contributed by atoms with van der Waals surface area (Å²) in [6.45, 7) is 73.6. The van der Waals surface area contributed by atoms with Gasteiger partial charge >= 0.3 is 0 Å². The van der Waals surface area contributed by atoms with Crippen LogP contribution in [0.4, 0.5) is 0 Å². The first-order valence-corrected chi connectivity index (χ1v) is 58.6. The predicted molar refractivity (Wildman–Crippen MR) is 385 cm³/mol. The highest BCUT2D eigenvalue weighted by Gasteiger charge is 2.44. The number of hydrogen-bond donors (Lipinski definition) is 0. The second-order valence-electron chi connectivity index (χ2n) is 31.3. The summed E-state index contributed by atoms with van der Waals surface area (Å²) in [7, 11) is -7.13. The van der Waals surface area contributed by atoms with Crippen molar-refractivity contribution in [2.75, 3.05) is 0 Å². The molecule has 0 saturated carbocycles. The predicted octanol–water partition coefficient (Wildman–Crippen LogP) is 24.1. The van der Waals surface area contributed by atoms with Gasteiger partial charge in [0.25, 0.3) is 0 Å². The molecule has 0 aromatic heterocycles. The summed E-state index contributed by atoms with van der Waals surface area (Å²) in [5, 5.41) is 28.9. The van der Waals surface area contributed by atoms with Gasteiger partial charge in [0, 0.05) is 59.6 Å². The van der Waals surface area contributed by atoms with Gasteiger partial charge in [-0.15, -0.1) is 0 Å². The van der Waals surface area contributed by atoms with Crippen LogP contribution in [-0.2, 0) is 0 Å². The Bertz CT molecular complexity index is 1750. The van der Waals surface area contributed by atoms with Crippen LogP contribution in [0.1, 0.15) is 140 Å². The van der Waals surface area contributed by atoms with E-state index in [1.165, 1.54) is 79.6 Å². The lowest BCUT2D eigenvalue weighted by Crippen LogP contribution is -2.45. The second-order valence-corrected chi connectivity index (χ2v) is 76.0. The van der Waals surface area contributed by atoms with Crippen molar-refractivity contribution >= 4 is 75.0 Å². The van der Waals surface area contributed by atoms with Crippen LogP contribution in [0, 0.1) is 34.0 Å². The van der Waals surface area contributed by atoms with Gasteiger partial charge in [-0.25, -0.2) is 0 Å². The van der Waals surface area contributed by atoms with Gasteiger partial charge in [0.2, 0.25) is 0 Å². The Kier molecular flexibility index (Phi) is 49.9. The van der Waals surface area contributed by atoms with Gasteiger partial charge in [-0.2, -0.15) is 15.8 Å². The molecule has 0 aliphatic carbocycles. The first kappa shape index (κ1) is 86.9. The topological polar surface area (TPSA) is 71.4 Å². The third-order valence-electron chi connectivity index (χ3n) is 15.8. The van der Waals surface area contributed by atoms with Crippen molar-refractivity contribution in [1.82, 2.24) is 0 Å². The molecule has 0 radical (unpaired) electrons. The lowest BCUT2D eigenvalue weighted by molar-refractivity contribution is 0.622. The zero-order valence-corrected chi connectivity index (χ0v) is 66.3. The van der Waals surface area contributed by atoms with Crippen molar-refractivity contribution in [3.8, 4) is 18.2 Å². The molecule has 3 nitrogen and oxygen atoms in total. The molecule has 0 atom stereocenters. The first-order valence-electron chi connectivity index (χ1n) is 30.9. The fourth-order valence-electron chi connectivity index (χ4n) is 6.88. The third kappa shape index (κ3) is 59.1. The van der Waals surface area contributed by atoms with E-state index in [4.69, 9.17) is 15.8 Å². The number of nitriles is 3. The maximum atomic E-state index is 8.26. The summed E-state index contributed by atoms with van der Waals surface area (Å²) in [6, 6.07) is 39.2. The van der Waals surface area contributed by atoms with E-state index in [-0.39, 0.29) is 0 Å². The molecule has 11 heteroatoms. The van der Waals surface area contributed by atoms with Crippen LogP contribution < -0.4 is 10.4 Å². The quantitative estimate of drug-likeness (QED) is 0.0980. The summed E-state index contributed by atoms with van der Waals surface area (Å²) in [6.07, 6.45) is 11.4.